The van der Waals surface area contributed by atoms with Crippen molar-refractivity contribution in [3.05, 3.63) is 27.6 Å². The van der Waals surface area contributed by atoms with E-state index in [1.165, 1.54) is 11.3 Å². The highest BCUT2D eigenvalue weighted by Gasteiger charge is 2.28. The van der Waals surface area contributed by atoms with Crippen LogP contribution in [0.1, 0.15) is 12.2 Å². The van der Waals surface area contributed by atoms with Gasteiger partial charge in [-0.3, -0.25) is 14.5 Å². The van der Waals surface area contributed by atoms with Crippen LogP contribution in [0.4, 0.5) is 0 Å². The van der Waals surface area contributed by atoms with E-state index in [1.807, 2.05) is 11.4 Å². The highest BCUT2D eigenvalue weighted by atomic mass is 32.1. The first-order valence-electron chi connectivity index (χ1n) is 6.02. The number of rotatable bonds is 4. The van der Waals surface area contributed by atoms with Crippen LogP contribution in [0.15, 0.2) is 16.2 Å². The number of hydrogen-bond donors (Lipinski definition) is 2. The molecule has 0 radical (unpaired) electrons. The van der Waals surface area contributed by atoms with Gasteiger partial charge in [0.15, 0.2) is 0 Å². The van der Waals surface area contributed by atoms with Crippen molar-refractivity contribution in [1.82, 2.24) is 14.9 Å². The molecular formula is C12H13N3O3S. The van der Waals surface area contributed by atoms with Gasteiger partial charge in [-0.1, -0.05) is 0 Å². The Labute approximate surface area is 112 Å². The minimum atomic E-state index is -0.754. The topological polar surface area (TPSA) is 86.3 Å². The number of nitrogens with one attached hydrogen (secondary N) is 1. The smallest absolute Gasteiger partial charge is 0.303 e. The van der Waals surface area contributed by atoms with Crippen molar-refractivity contribution in [2.75, 3.05) is 13.1 Å². The van der Waals surface area contributed by atoms with E-state index < -0.39 is 5.97 Å². The highest BCUT2D eigenvalue weighted by molar-refractivity contribution is 7.17. The molecule has 1 aliphatic rings. The van der Waals surface area contributed by atoms with Gasteiger partial charge in [-0.05, 0) is 17.4 Å². The van der Waals surface area contributed by atoms with Gasteiger partial charge in [0, 0.05) is 13.1 Å². The number of aromatic nitrogens is 2. The van der Waals surface area contributed by atoms with Gasteiger partial charge in [-0.15, -0.1) is 11.3 Å². The highest BCUT2D eigenvalue weighted by Crippen LogP contribution is 2.21. The fourth-order valence-electron chi connectivity index (χ4n) is 2.39. The third kappa shape index (κ3) is 2.52. The zero-order valence-electron chi connectivity index (χ0n) is 10.1. The van der Waals surface area contributed by atoms with Crippen LogP contribution >= 0.6 is 11.3 Å². The second kappa shape index (κ2) is 4.75. The van der Waals surface area contributed by atoms with Gasteiger partial charge in [0.25, 0.3) is 5.56 Å². The van der Waals surface area contributed by atoms with E-state index in [0.717, 1.165) is 18.6 Å². The van der Waals surface area contributed by atoms with Gasteiger partial charge in [0.05, 0.1) is 18.5 Å². The predicted molar refractivity (Wildman–Crippen MR) is 71.3 cm³/mol. The van der Waals surface area contributed by atoms with Gasteiger partial charge in [0.1, 0.15) is 10.5 Å². The van der Waals surface area contributed by atoms with Gasteiger partial charge in [0.2, 0.25) is 0 Å². The zero-order valence-corrected chi connectivity index (χ0v) is 10.9. The molecule has 1 saturated heterocycles. The van der Waals surface area contributed by atoms with Crippen molar-refractivity contribution in [3.8, 4) is 0 Å². The lowest BCUT2D eigenvalue weighted by Crippen LogP contribution is -2.47. The number of likely N-dealkylation sites (tertiary alicyclic amines) is 1. The molecule has 6 nitrogen and oxygen atoms in total. The largest absolute Gasteiger partial charge is 0.481 e. The molecule has 2 aromatic heterocycles. The summed E-state index contributed by atoms with van der Waals surface area (Å²) in [6, 6.07) is 1.84. The van der Waals surface area contributed by atoms with Crippen molar-refractivity contribution in [2.24, 2.45) is 5.92 Å². The lowest BCUT2D eigenvalue weighted by molar-refractivity contribution is -0.139. The van der Waals surface area contributed by atoms with E-state index in [-0.39, 0.29) is 17.9 Å². The number of thiophene rings is 1. The molecule has 19 heavy (non-hydrogen) atoms. The third-order valence-corrected chi connectivity index (χ3v) is 4.14. The summed E-state index contributed by atoms with van der Waals surface area (Å²) >= 11 is 1.38. The van der Waals surface area contributed by atoms with E-state index in [4.69, 9.17) is 5.11 Å². The number of fused-ring (bicyclic) bond motifs is 1. The molecule has 2 aromatic rings. The molecule has 0 unspecified atom stereocenters. The average molecular weight is 279 g/mol. The quantitative estimate of drug-likeness (QED) is 0.868. The van der Waals surface area contributed by atoms with E-state index in [1.54, 1.807) is 0 Å². The SMILES string of the molecule is O=C(O)CC1CN(Cc2nc3ccsc3c(=O)[nH]2)C1. The van der Waals surface area contributed by atoms with Crippen LogP contribution in [-0.2, 0) is 11.3 Å². The Hall–Kier alpha value is -1.73. The zero-order chi connectivity index (χ0) is 13.4. The fraction of sp³-hybridized carbons (Fsp3) is 0.417. The predicted octanol–water partition coefficient (Wildman–Crippen LogP) is 0.891. The van der Waals surface area contributed by atoms with E-state index in [2.05, 4.69) is 14.9 Å². The maximum Gasteiger partial charge on any atom is 0.303 e. The van der Waals surface area contributed by atoms with Crippen LogP contribution in [0.5, 0.6) is 0 Å². The molecule has 0 spiro atoms. The molecule has 7 heteroatoms. The molecule has 2 N–H and O–H groups in total. The molecule has 0 atom stereocenters. The first-order valence-corrected chi connectivity index (χ1v) is 6.90. The molecular weight excluding hydrogens is 266 g/mol. The van der Waals surface area contributed by atoms with Crippen LogP contribution in [0.2, 0.25) is 0 Å². The molecule has 1 fully saturated rings. The standard InChI is InChI=1S/C12H13N3O3S/c16-10(17)3-7-4-15(5-7)6-9-13-8-1-2-19-11(8)12(18)14-9/h1-2,7H,3-6H2,(H,16,17)(H,13,14,18). The lowest BCUT2D eigenvalue weighted by Gasteiger charge is -2.38. The molecule has 100 valence electrons. The summed E-state index contributed by atoms with van der Waals surface area (Å²) in [5.74, 6) is 0.106. The van der Waals surface area contributed by atoms with E-state index in [0.29, 0.717) is 17.1 Å². The van der Waals surface area contributed by atoms with Crippen LogP contribution in [0.25, 0.3) is 10.2 Å². The Balaban J connectivity index is 1.67. The van der Waals surface area contributed by atoms with Crippen LogP contribution in [0, 0.1) is 5.92 Å². The maximum atomic E-state index is 11.8. The van der Waals surface area contributed by atoms with Crippen molar-refractivity contribution in [3.63, 3.8) is 0 Å². The van der Waals surface area contributed by atoms with Crippen molar-refractivity contribution in [1.29, 1.82) is 0 Å². The molecule has 3 rings (SSSR count). The van der Waals surface area contributed by atoms with Gasteiger partial charge in [-0.2, -0.15) is 0 Å². The Bertz CT molecular complexity index is 672. The van der Waals surface area contributed by atoms with Crippen molar-refractivity contribution >= 4 is 27.5 Å². The Morgan fingerprint density at radius 1 is 1.58 bits per heavy atom. The summed E-state index contributed by atoms with van der Waals surface area (Å²) in [5.41, 5.74) is 0.629. The molecule has 0 saturated carbocycles. The van der Waals surface area contributed by atoms with E-state index >= 15 is 0 Å². The van der Waals surface area contributed by atoms with E-state index in [9.17, 15) is 9.59 Å². The number of hydrogen-bond acceptors (Lipinski definition) is 5. The third-order valence-electron chi connectivity index (χ3n) is 3.23. The van der Waals surface area contributed by atoms with Crippen LogP contribution in [0.3, 0.4) is 0 Å². The monoisotopic (exact) mass is 279 g/mol. The minimum absolute atomic E-state index is 0.0994. The van der Waals surface area contributed by atoms with Gasteiger partial charge >= 0.3 is 5.97 Å². The number of H-pyrrole nitrogens is 1. The molecule has 1 aliphatic heterocycles. The second-order valence-corrected chi connectivity index (χ2v) is 5.72. The van der Waals surface area contributed by atoms with Crippen molar-refractivity contribution in [2.45, 2.75) is 13.0 Å². The number of carboxylic acids is 1. The van der Waals surface area contributed by atoms with Crippen LogP contribution < -0.4 is 5.56 Å². The fourth-order valence-corrected chi connectivity index (χ4v) is 3.12. The van der Waals surface area contributed by atoms with Gasteiger partial charge < -0.3 is 10.1 Å². The molecule has 0 amide bonds. The second-order valence-electron chi connectivity index (χ2n) is 4.81. The van der Waals surface area contributed by atoms with Crippen molar-refractivity contribution < 1.29 is 9.90 Å². The number of carbonyl (C=O) groups is 1. The molecule has 0 aromatic carbocycles. The summed E-state index contributed by atoms with van der Waals surface area (Å²) in [6.07, 6.45) is 0.212. The van der Waals surface area contributed by atoms with Gasteiger partial charge in [-0.25, -0.2) is 4.98 Å². The lowest BCUT2D eigenvalue weighted by atomic mass is 9.96. The Kier molecular flexibility index (Phi) is 3.08. The molecule has 3 heterocycles. The van der Waals surface area contributed by atoms with Crippen LogP contribution in [-0.4, -0.2) is 39.0 Å². The Morgan fingerprint density at radius 3 is 3.11 bits per heavy atom. The maximum absolute atomic E-state index is 11.8. The molecule has 0 bridgehead atoms. The number of aromatic amines is 1. The summed E-state index contributed by atoms with van der Waals surface area (Å²) in [5, 5.41) is 10.5. The first-order chi connectivity index (χ1) is 9.11. The Morgan fingerprint density at radius 2 is 2.37 bits per heavy atom. The molecule has 0 aliphatic carbocycles. The number of carboxylic acid groups (broad SMARTS) is 1. The minimum Gasteiger partial charge on any atom is -0.481 e. The normalized spacial score (nSPS) is 16.6. The average Bonchev–Trinajstić information content (AvgIpc) is 2.74. The first kappa shape index (κ1) is 12.3. The number of nitrogens with zero attached hydrogens (tertiary/aromatic N) is 2. The summed E-state index contributed by atoms with van der Waals surface area (Å²) in [7, 11) is 0. The summed E-state index contributed by atoms with van der Waals surface area (Å²) in [4.78, 5) is 31.6. The number of aliphatic carboxylic acids is 1. The summed E-state index contributed by atoms with van der Waals surface area (Å²) in [6.45, 7) is 2.06. The summed E-state index contributed by atoms with van der Waals surface area (Å²) < 4.78 is 0.649.